The molecule has 0 radical (unpaired) electrons. The van der Waals surface area contributed by atoms with E-state index in [2.05, 4.69) is 27.7 Å². The highest BCUT2D eigenvalue weighted by Crippen LogP contribution is 1.94. The van der Waals surface area contributed by atoms with Gasteiger partial charge in [-0.05, 0) is 37.4 Å². The summed E-state index contributed by atoms with van der Waals surface area (Å²) >= 11 is 1.62. The van der Waals surface area contributed by atoms with Gasteiger partial charge in [0.25, 0.3) is 0 Å². The maximum Gasteiger partial charge on any atom is 0.329 e. The molecule has 0 fully saturated rings. The highest BCUT2D eigenvalue weighted by molar-refractivity contribution is 8.12. The van der Waals surface area contributed by atoms with Crippen molar-refractivity contribution in [1.82, 2.24) is 5.43 Å². The third kappa shape index (κ3) is 7.38. The van der Waals surface area contributed by atoms with Crippen molar-refractivity contribution in [1.29, 1.82) is 0 Å². The lowest BCUT2D eigenvalue weighted by Gasteiger charge is -1.96. The van der Waals surface area contributed by atoms with Crippen molar-refractivity contribution in [3.63, 3.8) is 0 Å². The van der Waals surface area contributed by atoms with Crippen LogP contribution in [0.1, 0.15) is 19.4 Å². The molecule has 0 heterocycles. The minimum Gasteiger partial charge on any atom is -1.00 e. The number of thioether (sulfide) groups is 1. The highest BCUT2D eigenvalue weighted by atomic mass is 127. The van der Waals surface area contributed by atoms with Gasteiger partial charge >= 0.3 is 5.17 Å². The van der Waals surface area contributed by atoms with Gasteiger partial charge in [0.15, 0.2) is 0 Å². The number of hydrogen-bond donors (Lipinski definition) is 2. The van der Waals surface area contributed by atoms with E-state index in [1.807, 2.05) is 38.3 Å². The second-order valence-corrected chi connectivity index (χ2v) is 4.36. The van der Waals surface area contributed by atoms with Gasteiger partial charge in [-0.15, -0.1) is 5.43 Å². The first kappa shape index (κ1) is 16.4. The van der Waals surface area contributed by atoms with Crippen molar-refractivity contribution < 1.29 is 29.0 Å². The van der Waals surface area contributed by atoms with Crippen LogP contribution in [0.3, 0.4) is 0 Å². The van der Waals surface area contributed by atoms with Gasteiger partial charge in [0, 0.05) is 0 Å². The Labute approximate surface area is 124 Å². The van der Waals surface area contributed by atoms with E-state index in [1.54, 1.807) is 11.8 Å². The zero-order valence-electron chi connectivity index (χ0n) is 10.3. The lowest BCUT2D eigenvalue weighted by Crippen LogP contribution is -3.00. The summed E-state index contributed by atoms with van der Waals surface area (Å²) < 4.78 is 0. The van der Waals surface area contributed by atoms with Crippen LogP contribution >= 0.6 is 11.8 Å². The Morgan fingerprint density at radius 2 is 1.94 bits per heavy atom. The summed E-state index contributed by atoms with van der Waals surface area (Å²) in [5.41, 5.74) is 5.26. The van der Waals surface area contributed by atoms with E-state index in [9.17, 15) is 0 Å². The van der Waals surface area contributed by atoms with Crippen molar-refractivity contribution >= 4 is 22.6 Å². The largest absolute Gasteiger partial charge is 1.00 e. The maximum absolute atomic E-state index is 4.15. The van der Waals surface area contributed by atoms with Crippen LogP contribution in [-0.2, 0) is 6.54 Å². The van der Waals surface area contributed by atoms with Gasteiger partial charge < -0.3 is 24.0 Å². The summed E-state index contributed by atoms with van der Waals surface area (Å²) in [4.78, 5) is 3.30. The fourth-order valence-corrected chi connectivity index (χ4v) is 1.45. The van der Waals surface area contributed by atoms with Crippen molar-refractivity contribution in [2.75, 3.05) is 6.26 Å². The summed E-state index contributed by atoms with van der Waals surface area (Å²) in [7, 11) is 0. The molecule has 0 saturated heterocycles. The molecule has 0 aliphatic heterocycles. The van der Waals surface area contributed by atoms with Crippen LogP contribution in [0.25, 0.3) is 0 Å². The smallest absolute Gasteiger partial charge is 0.329 e. The number of hydrazone groups is 1. The average molecular weight is 363 g/mol. The molecule has 1 aromatic rings. The molecule has 0 aromatic heterocycles. The van der Waals surface area contributed by atoms with Gasteiger partial charge in [-0.25, -0.2) is 0 Å². The number of benzene rings is 1. The molecule has 94 valence electrons. The van der Waals surface area contributed by atoms with Crippen molar-refractivity contribution in [3.05, 3.63) is 35.9 Å². The van der Waals surface area contributed by atoms with Crippen molar-refractivity contribution in [2.24, 2.45) is 5.10 Å². The van der Waals surface area contributed by atoms with Crippen LogP contribution in [-0.4, -0.2) is 17.1 Å². The van der Waals surface area contributed by atoms with Gasteiger partial charge in [-0.1, -0.05) is 35.4 Å². The van der Waals surface area contributed by atoms with Gasteiger partial charge in [0.05, 0.1) is 5.71 Å². The van der Waals surface area contributed by atoms with Crippen molar-refractivity contribution in [2.45, 2.75) is 20.4 Å². The van der Waals surface area contributed by atoms with Gasteiger partial charge in [0.1, 0.15) is 6.54 Å². The molecule has 1 aromatic carbocycles. The van der Waals surface area contributed by atoms with Gasteiger partial charge in [-0.2, -0.15) is 0 Å². The molecule has 2 N–H and O–H groups in total. The first-order chi connectivity index (χ1) is 7.72. The molecule has 0 unspecified atom stereocenters. The number of hydrogen-bond acceptors (Lipinski definition) is 2. The van der Waals surface area contributed by atoms with Crippen LogP contribution < -0.4 is 34.4 Å². The monoisotopic (exact) mass is 363 g/mol. The Morgan fingerprint density at radius 3 is 2.47 bits per heavy atom. The Kier molecular flexibility index (Phi) is 9.16. The normalized spacial score (nSPS) is 10.4. The molecule has 0 spiro atoms. The summed E-state index contributed by atoms with van der Waals surface area (Å²) in [6.45, 7) is 4.73. The standard InChI is InChI=1S/C12H17N3S.HI/c1-10(2)14-15-12(16-3)13-9-11-7-5-4-6-8-11;/h4-8H,9H2,1-3H3,(H,13,15);1H. The zero-order chi connectivity index (χ0) is 11.8. The molecular formula is C12H18IN3S. The van der Waals surface area contributed by atoms with Gasteiger partial charge in [0.2, 0.25) is 0 Å². The third-order valence-electron chi connectivity index (χ3n) is 1.88. The molecule has 1 rings (SSSR count). The molecule has 0 amide bonds. The minimum absolute atomic E-state index is 0. The molecule has 3 nitrogen and oxygen atoms in total. The van der Waals surface area contributed by atoms with Crippen LogP contribution in [0.15, 0.2) is 35.4 Å². The number of halogens is 1. The lowest BCUT2D eigenvalue weighted by molar-refractivity contribution is -0.474. The molecule has 0 atom stereocenters. The quantitative estimate of drug-likeness (QED) is 0.282. The minimum atomic E-state index is 0. The Hall–Kier alpha value is -0.560. The van der Waals surface area contributed by atoms with Gasteiger partial charge in [-0.3, -0.25) is 4.99 Å². The number of amidine groups is 1. The summed E-state index contributed by atoms with van der Waals surface area (Å²) in [5.74, 6) is 0. The maximum atomic E-state index is 4.15. The van der Waals surface area contributed by atoms with E-state index in [0.29, 0.717) is 0 Å². The molecule has 5 heteroatoms. The van der Waals surface area contributed by atoms with E-state index in [-0.39, 0.29) is 24.0 Å². The number of nitrogens with one attached hydrogen (secondary N) is 2. The molecule has 0 aliphatic carbocycles. The predicted molar refractivity (Wildman–Crippen MR) is 71.5 cm³/mol. The fraction of sp³-hybridized carbons (Fsp3) is 0.333. The molecule has 0 bridgehead atoms. The summed E-state index contributed by atoms with van der Waals surface area (Å²) in [6.07, 6.45) is 2.01. The predicted octanol–water partition coefficient (Wildman–Crippen LogP) is -2.02. The second-order valence-electron chi connectivity index (χ2n) is 3.54. The van der Waals surface area contributed by atoms with E-state index < -0.39 is 0 Å². The molecule has 0 saturated carbocycles. The summed E-state index contributed by atoms with van der Waals surface area (Å²) in [6, 6.07) is 10.3. The van der Waals surface area contributed by atoms with E-state index in [4.69, 9.17) is 0 Å². The molecule has 17 heavy (non-hydrogen) atoms. The SMILES string of the molecule is CSC(NN=C(C)C)=[NH+]Cc1ccccc1.[I-]. The Morgan fingerprint density at radius 1 is 1.29 bits per heavy atom. The zero-order valence-corrected chi connectivity index (χ0v) is 13.3. The van der Waals surface area contributed by atoms with Crippen LogP contribution in [0, 0.1) is 0 Å². The summed E-state index contributed by atoms with van der Waals surface area (Å²) in [5, 5.41) is 5.12. The third-order valence-corrected chi connectivity index (χ3v) is 2.52. The number of nitrogens with zero attached hydrogens (tertiary/aromatic N) is 1. The molecule has 0 aliphatic rings. The van der Waals surface area contributed by atoms with E-state index in [1.165, 1.54) is 5.56 Å². The first-order valence-electron chi connectivity index (χ1n) is 5.18. The van der Waals surface area contributed by atoms with E-state index in [0.717, 1.165) is 17.4 Å². The van der Waals surface area contributed by atoms with Crippen LogP contribution in [0.2, 0.25) is 0 Å². The second kappa shape index (κ2) is 9.47. The fourth-order valence-electron chi connectivity index (χ4n) is 1.10. The van der Waals surface area contributed by atoms with Crippen molar-refractivity contribution in [3.8, 4) is 0 Å². The lowest BCUT2D eigenvalue weighted by atomic mass is 10.2. The average Bonchev–Trinajstić information content (AvgIpc) is 2.30. The van der Waals surface area contributed by atoms with Crippen LogP contribution in [0.5, 0.6) is 0 Å². The highest BCUT2D eigenvalue weighted by Gasteiger charge is 2.02. The topological polar surface area (TPSA) is 38.4 Å². The molecular weight excluding hydrogens is 345 g/mol. The number of rotatable bonds is 3. The van der Waals surface area contributed by atoms with Crippen LogP contribution in [0.4, 0.5) is 0 Å². The first-order valence-corrected chi connectivity index (χ1v) is 6.40. The Bertz CT molecular complexity index is 373. The Balaban J connectivity index is 0.00000256. The van der Waals surface area contributed by atoms with E-state index >= 15 is 0 Å².